The Hall–Kier alpha value is -2.35. The summed E-state index contributed by atoms with van der Waals surface area (Å²) in [6.07, 6.45) is 2.21. The van der Waals surface area contributed by atoms with Crippen molar-refractivity contribution in [3.63, 3.8) is 0 Å². The molecule has 18 heavy (non-hydrogen) atoms. The third kappa shape index (κ3) is 1.46. The van der Waals surface area contributed by atoms with Gasteiger partial charge in [0.1, 0.15) is 24.2 Å². The third-order valence-electron chi connectivity index (χ3n) is 2.78. The fraction of sp³-hybridized carbons (Fsp3) is 0.300. The molecule has 0 bridgehead atoms. The molecule has 0 fully saturated rings. The van der Waals surface area contributed by atoms with Gasteiger partial charge in [-0.15, -0.1) is 0 Å². The monoisotopic (exact) mass is 250 g/mol. The number of aliphatic hydroxyl groups is 2. The van der Waals surface area contributed by atoms with Crippen LogP contribution >= 0.6 is 0 Å². The molecule has 1 aliphatic heterocycles. The zero-order chi connectivity index (χ0) is 12.7. The quantitative estimate of drug-likeness (QED) is 0.680. The summed E-state index contributed by atoms with van der Waals surface area (Å²) in [6.45, 7) is -0.408. The molecule has 1 atom stereocenters. The maximum Gasteiger partial charge on any atom is 0.330 e. The largest absolute Gasteiger partial charge is 0.508 e. The Bertz CT molecular complexity index is 686. The second-order valence-corrected chi connectivity index (χ2v) is 3.86. The van der Waals surface area contributed by atoms with Gasteiger partial charge in [-0.2, -0.15) is 0 Å². The standard InChI is InChI=1S/C10H10N4O4/c15-3-7-6(16)1-8(18-7)14-9-5(13-10(14)17)2-11-4-12-9/h2,4,8,15-16H,1,3H2,(H,13,17). The molecular formula is C10H10N4O4. The lowest BCUT2D eigenvalue weighted by molar-refractivity contribution is 0.0633. The van der Waals surface area contributed by atoms with E-state index < -0.39 is 18.5 Å². The molecule has 0 spiro atoms. The van der Waals surface area contributed by atoms with Gasteiger partial charge < -0.3 is 19.9 Å². The van der Waals surface area contributed by atoms with Crippen molar-refractivity contribution in [2.45, 2.75) is 12.6 Å². The van der Waals surface area contributed by atoms with E-state index in [1.807, 2.05) is 0 Å². The van der Waals surface area contributed by atoms with Crippen molar-refractivity contribution >= 4 is 11.2 Å². The normalized spacial score (nSPS) is 19.5. The molecule has 1 unspecified atom stereocenters. The van der Waals surface area contributed by atoms with E-state index in [0.717, 1.165) is 0 Å². The lowest BCUT2D eigenvalue weighted by Gasteiger charge is -2.12. The van der Waals surface area contributed by atoms with E-state index in [9.17, 15) is 9.90 Å². The SMILES string of the molecule is O=c1[nH]c2cncnc2n1C1CC(O)=C(CO)O1. The van der Waals surface area contributed by atoms with Crippen molar-refractivity contribution in [3.8, 4) is 0 Å². The number of fused-ring (bicyclic) bond motifs is 1. The molecule has 1 aliphatic rings. The van der Waals surface area contributed by atoms with Gasteiger partial charge in [0.25, 0.3) is 0 Å². The Morgan fingerprint density at radius 2 is 2.44 bits per heavy atom. The van der Waals surface area contributed by atoms with E-state index >= 15 is 0 Å². The summed E-state index contributed by atoms with van der Waals surface area (Å²) in [5.74, 6) is 0.0214. The van der Waals surface area contributed by atoms with E-state index in [1.54, 1.807) is 0 Å². The molecule has 0 aromatic carbocycles. The van der Waals surface area contributed by atoms with Gasteiger partial charge in [-0.3, -0.25) is 0 Å². The lowest BCUT2D eigenvalue weighted by atomic mass is 10.3. The summed E-state index contributed by atoms with van der Waals surface area (Å²) in [5.41, 5.74) is 0.484. The maximum absolute atomic E-state index is 11.8. The molecule has 8 nitrogen and oxygen atoms in total. The summed E-state index contributed by atoms with van der Waals surface area (Å²) >= 11 is 0. The van der Waals surface area contributed by atoms with Crippen LogP contribution < -0.4 is 5.69 Å². The molecule has 3 rings (SSSR count). The number of imidazole rings is 1. The molecule has 2 aromatic heterocycles. The summed E-state index contributed by atoms with van der Waals surface area (Å²) in [4.78, 5) is 22.2. The van der Waals surface area contributed by atoms with Crippen molar-refractivity contribution in [1.29, 1.82) is 0 Å². The maximum atomic E-state index is 11.8. The fourth-order valence-electron chi connectivity index (χ4n) is 1.97. The number of rotatable bonds is 2. The molecule has 0 saturated carbocycles. The van der Waals surface area contributed by atoms with Crippen molar-refractivity contribution in [2.24, 2.45) is 0 Å². The van der Waals surface area contributed by atoms with Crippen molar-refractivity contribution in [2.75, 3.05) is 6.61 Å². The minimum Gasteiger partial charge on any atom is -0.508 e. The Kier molecular flexibility index (Phi) is 2.30. The van der Waals surface area contributed by atoms with Gasteiger partial charge >= 0.3 is 5.69 Å². The number of aromatic amines is 1. The van der Waals surface area contributed by atoms with Gasteiger partial charge in [0, 0.05) is 0 Å². The minimum absolute atomic E-state index is 0.0576. The summed E-state index contributed by atoms with van der Waals surface area (Å²) in [6, 6.07) is 0. The van der Waals surface area contributed by atoms with Crippen LogP contribution in [0.15, 0.2) is 28.8 Å². The summed E-state index contributed by atoms with van der Waals surface area (Å²) in [5, 5.41) is 18.5. The second-order valence-electron chi connectivity index (χ2n) is 3.86. The molecule has 3 heterocycles. The molecule has 94 valence electrons. The number of nitrogens with zero attached hydrogens (tertiary/aromatic N) is 3. The molecule has 3 N–H and O–H groups in total. The zero-order valence-electron chi connectivity index (χ0n) is 9.20. The molecule has 0 radical (unpaired) electrons. The number of hydrogen-bond acceptors (Lipinski definition) is 6. The number of hydrogen-bond donors (Lipinski definition) is 3. The number of ether oxygens (including phenoxy) is 1. The molecule has 0 aliphatic carbocycles. The van der Waals surface area contributed by atoms with Crippen LogP contribution in [0.4, 0.5) is 0 Å². The van der Waals surface area contributed by atoms with Crippen LogP contribution in [0, 0.1) is 0 Å². The first-order valence-electron chi connectivity index (χ1n) is 5.29. The number of nitrogens with one attached hydrogen (secondary N) is 1. The highest BCUT2D eigenvalue weighted by atomic mass is 16.5. The van der Waals surface area contributed by atoms with Gasteiger partial charge in [-0.1, -0.05) is 0 Å². The van der Waals surface area contributed by atoms with E-state index in [1.165, 1.54) is 17.1 Å². The highest BCUT2D eigenvalue weighted by Gasteiger charge is 2.29. The van der Waals surface area contributed by atoms with E-state index in [-0.39, 0.29) is 17.9 Å². The first kappa shape index (κ1) is 10.8. The molecule has 8 heteroatoms. The average molecular weight is 250 g/mol. The van der Waals surface area contributed by atoms with Crippen LogP contribution in [0.5, 0.6) is 0 Å². The first-order chi connectivity index (χ1) is 8.70. The smallest absolute Gasteiger partial charge is 0.330 e. The van der Waals surface area contributed by atoms with Gasteiger partial charge in [0.2, 0.25) is 0 Å². The number of aliphatic hydroxyl groups excluding tert-OH is 2. The van der Waals surface area contributed by atoms with E-state index in [2.05, 4.69) is 15.0 Å². The predicted molar refractivity (Wildman–Crippen MR) is 59.6 cm³/mol. The Morgan fingerprint density at radius 1 is 1.61 bits per heavy atom. The van der Waals surface area contributed by atoms with Gasteiger partial charge in [0.15, 0.2) is 17.6 Å². The van der Waals surface area contributed by atoms with Gasteiger partial charge in [0.05, 0.1) is 12.6 Å². The number of aromatic nitrogens is 4. The molecule has 0 amide bonds. The van der Waals surface area contributed by atoms with E-state index in [0.29, 0.717) is 11.2 Å². The molecule has 0 saturated heterocycles. The molecule has 2 aromatic rings. The topological polar surface area (TPSA) is 113 Å². The summed E-state index contributed by atoms with van der Waals surface area (Å²) in [7, 11) is 0. The van der Waals surface area contributed by atoms with Crippen LogP contribution in [0.1, 0.15) is 12.6 Å². The Morgan fingerprint density at radius 3 is 3.17 bits per heavy atom. The van der Waals surface area contributed by atoms with Gasteiger partial charge in [-0.25, -0.2) is 19.3 Å². The zero-order valence-corrected chi connectivity index (χ0v) is 9.20. The van der Waals surface area contributed by atoms with Gasteiger partial charge in [-0.05, 0) is 0 Å². The van der Waals surface area contributed by atoms with Crippen LogP contribution in [0.2, 0.25) is 0 Å². The average Bonchev–Trinajstić information content (AvgIpc) is 2.88. The van der Waals surface area contributed by atoms with Crippen molar-refractivity contribution < 1.29 is 14.9 Å². The first-order valence-corrected chi connectivity index (χ1v) is 5.29. The van der Waals surface area contributed by atoms with Crippen molar-refractivity contribution in [1.82, 2.24) is 19.5 Å². The highest BCUT2D eigenvalue weighted by molar-refractivity contribution is 5.68. The van der Waals surface area contributed by atoms with E-state index in [4.69, 9.17) is 9.84 Å². The van der Waals surface area contributed by atoms with Crippen LogP contribution in [-0.2, 0) is 4.74 Å². The summed E-state index contributed by atoms with van der Waals surface area (Å²) < 4.78 is 6.61. The predicted octanol–water partition coefficient (Wildman–Crippen LogP) is -0.200. The fourth-order valence-corrected chi connectivity index (χ4v) is 1.97. The second kappa shape index (κ2) is 3.84. The number of H-pyrrole nitrogens is 1. The third-order valence-corrected chi connectivity index (χ3v) is 2.78. The Labute approximate surface area is 100 Å². The van der Waals surface area contributed by atoms with Crippen molar-refractivity contribution in [3.05, 3.63) is 34.5 Å². The molecular weight excluding hydrogens is 240 g/mol. The lowest BCUT2D eigenvalue weighted by Crippen LogP contribution is -2.22. The van der Waals surface area contributed by atoms with Crippen LogP contribution in [0.25, 0.3) is 11.2 Å². The van der Waals surface area contributed by atoms with Crippen LogP contribution in [0.3, 0.4) is 0 Å². The minimum atomic E-state index is -0.705. The Balaban J connectivity index is 2.07. The highest BCUT2D eigenvalue weighted by Crippen LogP contribution is 2.30. The van der Waals surface area contributed by atoms with Crippen LogP contribution in [-0.4, -0.2) is 36.3 Å².